The van der Waals surface area contributed by atoms with E-state index >= 15 is 0 Å². The predicted molar refractivity (Wildman–Crippen MR) is 103 cm³/mol. The van der Waals surface area contributed by atoms with Crippen LogP contribution >= 0.6 is 11.6 Å². The Morgan fingerprint density at radius 3 is 2.67 bits per heavy atom. The molecule has 0 aliphatic carbocycles. The van der Waals surface area contributed by atoms with Gasteiger partial charge in [-0.25, -0.2) is 4.79 Å². The van der Waals surface area contributed by atoms with Crippen LogP contribution in [0.1, 0.15) is 15.9 Å². The van der Waals surface area contributed by atoms with E-state index in [2.05, 4.69) is 15.0 Å². The third kappa shape index (κ3) is 3.35. The molecule has 6 nitrogen and oxygen atoms in total. The second-order valence-corrected chi connectivity index (χ2v) is 6.42. The van der Waals surface area contributed by atoms with E-state index < -0.39 is 5.97 Å². The zero-order valence-corrected chi connectivity index (χ0v) is 15.0. The van der Waals surface area contributed by atoms with E-state index in [-0.39, 0.29) is 11.6 Å². The minimum Gasteiger partial charge on any atom is -0.478 e. The average molecular weight is 380 g/mol. The summed E-state index contributed by atoms with van der Waals surface area (Å²) in [4.78, 5) is 22.8. The molecule has 2 aromatic carbocycles. The summed E-state index contributed by atoms with van der Waals surface area (Å²) < 4.78 is 5.71. The number of aromatic carboxylic acids is 1. The van der Waals surface area contributed by atoms with Crippen molar-refractivity contribution in [3.8, 4) is 22.9 Å². The van der Waals surface area contributed by atoms with Crippen LogP contribution in [0.15, 0.2) is 54.9 Å². The lowest BCUT2D eigenvalue weighted by atomic mass is 10.1. The second-order valence-electron chi connectivity index (χ2n) is 6.01. The van der Waals surface area contributed by atoms with Crippen LogP contribution in [-0.2, 0) is 0 Å². The van der Waals surface area contributed by atoms with Crippen molar-refractivity contribution < 1.29 is 14.6 Å². The smallest absolute Gasteiger partial charge is 0.336 e. The quantitative estimate of drug-likeness (QED) is 0.516. The number of benzene rings is 2. The zero-order valence-electron chi connectivity index (χ0n) is 14.2. The van der Waals surface area contributed by atoms with E-state index in [1.807, 2.05) is 18.2 Å². The number of imidazole rings is 1. The first kappa shape index (κ1) is 17.1. The molecule has 2 aromatic heterocycles. The molecule has 0 spiro atoms. The van der Waals surface area contributed by atoms with Crippen molar-refractivity contribution in [3.63, 3.8) is 0 Å². The molecule has 2 heterocycles. The Morgan fingerprint density at radius 2 is 1.93 bits per heavy atom. The maximum absolute atomic E-state index is 11.3. The summed E-state index contributed by atoms with van der Waals surface area (Å²) in [5.41, 5.74) is 4.03. The number of ether oxygens (including phenoxy) is 1. The summed E-state index contributed by atoms with van der Waals surface area (Å²) >= 11 is 6.41. The van der Waals surface area contributed by atoms with Crippen molar-refractivity contribution in [3.05, 3.63) is 71.0 Å². The number of halogens is 1. The first-order valence-electron chi connectivity index (χ1n) is 8.13. The van der Waals surface area contributed by atoms with Crippen LogP contribution in [0.4, 0.5) is 0 Å². The Labute approximate surface area is 159 Å². The van der Waals surface area contributed by atoms with Gasteiger partial charge in [-0.1, -0.05) is 17.7 Å². The van der Waals surface area contributed by atoms with Crippen molar-refractivity contribution in [2.24, 2.45) is 0 Å². The van der Waals surface area contributed by atoms with Gasteiger partial charge in [-0.3, -0.25) is 4.98 Å². The average Bonchev–Trinajstić information content (AvgIpc) is 3.04. The Morgan fingerprint density at radius 1 is 1.15 bits per heavy atom. The number of carboxylic acid groups (broad SMARTS) is 1. The summed E-state index contributed by atoms with van der Waals surface area (Å²) in [5.74, 6) is -0.617. The molecule has 0 amide bonds. The molecule has 0 atom stereocenters. The number of carboxylic acids is 1. The van der Waals surface area contributed by atoms with Gasteiger partial charge in [0.05, 0.1) is 21.6 Å². The zero-order chi connectivity index (χ0) is 19.0. The molecule has 0 radical (unpaired) electrons. The molecule has 0 aliphatic rings. The lowest BCUT2D eigenvalue weighted by Gasteiger charge is -2.05. The largest absolute Gasteiger partial charge is 0.478 e. The van der Waals surface area contributed by atoms with Gasteiger partial charge >= 0.3 is 5.97 Å². The summed E-state index contributed by atoms with van der Waals surface area (Å²) in [6.45, 7) is 1.73. The number of fused-ring (bicyclic) bond motifs is 1. The maximum Gasteiger partial charge on any atom is 0.336 e. The normalized spacial score (nSPS) is 10.9. The highest BCUT2D eigenvalue weighted by atomic mass is 35.5. The molecule has 0 saturated carbocycles. The van der Waals surface area contributed by atoms with E-state index in [0.717, 1.165) is 16.6 Å². The third-order valence-corrected chi connectivity index (χ3v) is 4.51. The van der Waals surface area contributed by atoms with Crippen LogP contribution in [0.25, 0.3) is 22.2 Å². The summed E-state index contributed by atoms with van der Waals surface area (Å²) in [6, 6.07) is 12.5. The minimum atomic E-state index is -1.00. The van der Waals surface area contributed by atoms with Gasteiger partial charge in [0, 0.05) is 18.0 Å². The number of rotatable bonds is 4. The lowest BCUT2D eigenvalue weighted by molar-refractivity contribution is 0.0695. The van der Waals surface area contributed by atoms with Gasteiger partial charge in [-0.15, -0.1) is 0 Å². The fourth-order valence-corrected chi connectivity index (χ4v) is 3.09. The molecule has 27 heavy (non-hydrogen) atoms. The van der Waals surface area contributed by atoms with E-state index in [0.29, 0.717) is 21.9 Å². The lowest BCUT2D eigenvalue weighted by Crippen LogP contribution is -2.00. The van der Waals surface area contributed by atoms with Crippen LogP contribution < -0.4 is 4.74 Å². The van der Waals surface area contributed by atoms with Gasteiger partial charge in [0.25, 0.3) is 6.01 Å². The van der Waals surface area contributed by atoms with E-state index in [1.54, 1.807) is 37.5 Å². The van der Waals surface area contributed by atoms with E-state index in [9.17, 15) is 9.90 Å². The molecule has 2 N–H and O–H groups in total. The molecular formula is C20H14ClN3O3. The van der Waals surface area contributed by atoms with Gasteiger partial charge in [0.2, 0.25) is 0 Å². The number of carbonyl (C=O) groups is 1. The van der Waals surface area contributed by atoms with Crippen LogP contribution in [0, 0.1) is 6.92 Å². The fraction of sp³-hybridized carbons (Fsp3) is 0.0500. The molecule has 0 fully saturated rings. The Balaban J connectivity index is 1.70. The van der Waals surface area contributed by atoms with Gasteiger partial charge in [0.1, 0.15) is 5.75 Å². The summed E-state index contributed by atoms with van der Waals surface area (Å²) in [7, 11) is 0. The highest BCUT2D eigenvalue weighted by Crippen LogP contribution is 2.32. The molecule has 134 valence electrons. The number of hydrogen-bond acceptors (Lipinski definition) is 4. The Hall–Kier alpha value is -3.38. The topological polar surface area (TPSA) is 88.1 Å². The molecule has 0 bridgehead atoms. The van der Waals surface area contributed by atoms with Crippen molar-refractivity contribution in [1.29, 1.82) is 0 Å². The van der Waals surface area contributed by atoms with Crippen LogP contribution in [-0.4, -0.2) is 26.0 Å². The first-order valence-corrected chi connectivity index (χ1v) is 8.50. The number of hydrogen-bond donors (Lipinski definition) is 2. The minimum absolute atomic E-state index is 0.187. The number of aromatic amines is 1. The Kier molecular flexibility index (Phi) is 4.25. The molecule has 4 rings (SSSR count). The van der Waals surface area contributed by atoms with Crippen molar-refractivity contribution in [2.45, 2.75) is 6.92 Å². The molecule has 7 heteroatoms. The third-order valence-electron chi connectivity index (χ3n) is 4.19. The maximum atomic E-state index is 11.3. The highest BCUT2D eigenvalue weighted by molar-refractivity contribution is 6.34. The van der Waals surface area contributed by atoms with Gasteiger partial charge < -0.3 is 14.8 Å². The van der Waals surface area contributed by atoms with Crippen molar-refractivity contribution >= 4 is 28.6 Å². The predicted octanol–water partition coefficient (Wildman–Crippen LogP) is 5.08. The van der Waals surface area contributed by atoms with Gasteiger partial charge in [-0.2, -0.15) is 4.98 Å². The Bertz CT molecular complexity index is 1160. The van der Waals surface area contributed by atoms with Gasteiger partial charge in [0.15, 0.2) is 0 Å². The van der Waals surface area contributed by atoms with E-state index in [1.165, 1.54) is 6.07 Å². The van der Waals surface area contributed by atoms with Crippen LogP contribution in [0.5, 0.6) is 11.8 Å². The fourth-order valence-electron chi connectivity index (χ4n) is 2.81. The number of H-pyrrole nitrogens is 1. The summed E-state index contributed by atoms with van der Waals surface area (Å²) in [6.07, 6.45) is 3.40. The molecule has 0 saturated heterocycles. The monoisotopic (exact) mass is 379 g/mol. The van der Waals surface area contributed by atoms with Crippen molar-refractivity contribution in [1.82, 2.24) is 15.0 Å². The summed E-state index contributed by atoms with van der Waals surface area (Å²) in [5, 5.41) is 9.82. The van der Waals surface area contributed by atoms with E-state index in [4.69, 9.17) is 16.3 Å². The molecule has 4 aromatic rings. The van der Waals surface area contributed by atoms with Gasteiger partial charge in [-0.05, 0) is 54.4 Å². The second kappa shape index (κ2) is 6.74. The number of aromatic nitrogens is 3. The molecule has 0 aliphatic heterocycles. The number of pyridine rings is 1. The van der Waals surface area contributed by atoms with Crippen LogP contribution in [0.2, 0.25) is 5.02 Å². The molecular weight excluding hydrogens is 366 g/mol. The SMILES string of the molecule is Cc1ccc(Oc2nc3cc(-c4ccncc4)c(Cl)cc3[nH]2)cc1C(=O)O. The first-order chi connectivity index (χ1) is 13.0. The van der Waals surface area contributed by atoms with Crippen LogP contribution in [0.3, 0.4) is 0 Å². The molecule has 0 unspecified atom stereocenters. The standard InChI is InChI=1S/C20H14ClN3O3/c1-11-2-3-13(8-14(11)19(25)26)27-20-23-17-9-15(12-4-6-22-7-5-12)16(21)10-18(17)24-20/h2-10H,1H3,(H,23,24)(H,25,26). The van der Waals surface area contributed by atoms with Crippen molar-refractivity contribution in [2.75, 3.05) is 0 Å². The number of nitrogens with one attached hydrogen (secondary N) is 1. The number of aryl methyl sites for hydroxylation is 1. The number of nitrogens with zero attached hydrogens (tertiary/aromatic N) is 2. The highest BCUT2D eigenvalue weighted by Gasteiger charge is 2.13.